The summed E-state index contributed by atoms with van der Waals surface area (Å²) in [5.74, 6) is 1.59. The van der Waals surface area contributed by atoms with Crippen molar-refractivity contribution in [2.75, 3.05) is 38.7 Å². The van der Waals surface area contributed by atoms with Gasteiger partial charge in [-0.25, -0.2) is 4.79 Å². The van der Waals surface area contributed by atoms with Gasteiger partial charge in [0, 0.05) is 37.2 Å². The summed E-state index contributed by atoms with van der Waals surface area (Å²) in [4.78, 5) is 16.6. The van der Waals surface area contributed by atoms with Crippen LogP contribution in [0.4, 0.5) is 5.69 Å². The van der Waals surface area contributed by atoms with Crippen molar-refractivity contribution in [1.29, 1.82) is 0 Å². The topological polar surface area (TPSA) is 55.2 Å². The van der Waals surface area contributed by atoms with Crippen molar-refractivity contribution in [3.05, 3.63) is 64.5 Å². The Labute approximate surface area is 170 Å². The van der Waals surface area contributed by atoms with E-state index in [4.69, 9.17) is 13.9 Å². The summed E-state index contributed by atoms with van der Waals surface area (Å²) in [6.45, 7) is 5.32. The van der Waals surface area contributed by atoms with E-state index in [9.17, 15) is 4.79 Å². The molecule has 6 nitrogen and oxygen atoms in total. The highest BCUT2D eigenvalue weighted by atomic mass is 16.5. The number of para-hydroxylation sites is 2. The van der Waals surface area contributed by atoms with Crippen molar-refractivity contribution in [3.8, 4) is 11.5 Å². The van der Waals surface area contributed by atoms with Crippen LogP contribution in [0.3, 0.4) is 0 Å². The maximum atomic E-state index is 12.0. The van der Waals surface area contributed by atoms with Crippen LogP contribution in [0.1, 0.15) is 12.5 Å². The molecule has 1 unspecified atom stereocenters. The highest BCUT2D eigenvalue weighted by Gasteiger charge is 2.25. The number of ether oxygens (including phenoxy) is 2. The van der Waals surface area contributed by atoms with Crippen LogP contribution in [0.25, 0.3) is 11.0 Å². The molecule has 1 atom stereocenters. The van der Waals surface area contributed by atoms with E-state index in [-0.39, 0.29) is 11.7 Å². The van der Waals surface area contributed by atoms with Crippen molar-refractivity contribution < 1.29 is 13.9 Å². The van der Waals surface area contributed by atoms with Crippen molar-refractivity contribution >= 4 is 16.7 Å². The van der Waals surface area contributed by atoms with Gasteiger partial charge in [0.25, 0.3) is 0 Å². The van der Waals surface area contributed by atoms with Gasteiger partial charge in [0.05, 0.1) is 19.3 Å². The van der Waals surface area contributed by atoms with Crippen LogP contribution >= 0.6 is 0 Å². The second kappa shape index (κ2) is 8.17. The molecule has 0 radical (unpaired) electrons. The molecule has 2 aromatic carbocycles. The number of nitrogens with zero attached hydrogens (tertiary/aromatic N) is 2. The van der Waals surface area contributed by atoms with Gasteiger partial charge in [-0.1, -0.05) is 12.1 Å². The fourth-order valence-electron chi connectivity index (χ4n) is 3.94. The molecule has 3 aromatic rings. The second-order valence-electron chi connectivity index (χ2n) is 7.40. The highest BCUT2D eigenvalue weighted by Crippen LogP contribution is 2.33. The number of benzene rings is 2. The van der Waals surface area contributed by atoms with E-state index >= 15 is 0 Å². The van der Waals surface area contributed by atoms with E-state index in [2.05, 4.69) is 22.8 Å². The molecule has 2 heterocycles. The zero-order valence-corrected chi connectivity index (χ0v) is 17.1. The van der Waals surface area contributed by atoms with Gasteiger partial charge in [0.1, 0.15) is 23.2 Å². The van der Waals surface area contributed by atoms with Crippen LogP contribution < -0.4 is 20.0 Å². The van der Waals surface area contributed by atoms with Crippen LogP contribution in [0.15, 0.2) is 57.7 Å². The number of anilines is 1. The third kappa shape index (κ3) is 4.07. The molecule has 0 saturated heterocycles. The largest absolute Gasteiger partial charge is 0.497 e. The van der Waals surface area contributed by atoms with Gasteiger partial charge >= 0.3 is 5.63 Å². The summed E-state index contributed by atoms with van der Waals surface area (Å²) in [7, 11) is 3.64. The predicted octanol–water partition coefficient (Wildman–Crippen LogP) is 3.52. The Bertz CT molecular complexity index is 1060. The lowest BCUT2D eigenvalue weighted by Gasteiger charge is -2.37. The van der Waals surface area contributed by atoms with Gasteiger partial charge in [-0.15, -0.1) is 0 Å². The second-order valence-corrected chi connectivity index (χ2v) is 7.40. The molecule has 1 aromatic heterocycles. The Morgan fingerprint density at radius 2 is 2.03 bits per heavy atom. The lowest BCUT2D eigenvalue weighted by molar-refractivity contribution is 0.140. The standard InChI is InChI=1S/C23H26N2O4/c1-4-25-15-18(28-21-8-6-5-7-20(21)25)14-24(2)13-16-11-23(26)29-22-12-17(27-3)9-10-19(16)22/h5-12,18H,4,13-15H2,1-3H3. The monoisotopic (exact) mass is 394 g/mol. The lowest BCUT2D eigenvalue weighted by atomic mass is 10.1. The summed E-state index contributed by atoms with van der Waals surface area (Å²) in [5.41, 5.74) is 2.27. The van der Waals surface area contributed by atoms with E-state index in [1.54, 1.807) is 19.2 Å². The number of fused-ring (bicyclic) bond motifs is 2. The van der Waals surface area contributed by atoms with Crippen molar-refractivity contribution in [2.45, 2.75) is 19.6 Å². The first-order valence-corrected chi connectivity index (χ1v) is 9.87. The minimum atomic E-state index is -0.353. The minimum absolute atomic E-state index is 0.0568. The van der Waals surface area contributed by atoms with Crippen LogP contribution in [0.2, 0.25) is 0 Å². The zero-order chi connectivity index (χ0) is 20.4. The maximum absolute atomic E-state index is 12.0. The van der Waals surface area contributed by atoms with Crippen LogP contribution in [-0.2, 0) is 6.54 Å². The number of likely N-dealkylation sites (N-methyl/N-ethyl adjacent to an activating group) is 2. The molecule has 4 rings (SSSR count). The first kappa shape index (κ1) is 19.3. The van der Waals surface area contributed by atoms with E-state index in [1.807, 2.05) is 37.4 Å². The third-order valence-corrected chi connectivity index (χ3v) is 5.30. The SMILES string of the molecule is CCN1CC(CN(C)Cc2cc(=O)oc3cc(OC)ccc23)Oc2ccccc21. The van der Waals surface area contributed by atoms with E-state index < -0.39 is 0 Å². The van der Waals surface area contributed by atoms with Gasteiger partial charge in [-0.3, -0.25) is 4.90 Å². The molecule has 6 heteroatoms. The molecule has 1 aliphatic heterocycles. The Hall–Kier alpha value is -2.99. The normalized spacial score (nSPS) is 16.0. The molecular formula is C23H26N2O4. The molecule has 0 saturated carbocycles. The highest BCUT2D eigenvalue weighted by molar-refractivity contribution is 5.81. The first-order valence-electron chi connectivity index (χ1n) is 9.87. The fraction of sp³-hybridized carbons (Fsp3) is 0.348. The van der Waals surface area contributed by atoms with Gasteiger partial charge in [-0.2, -0.15) is 0 Å². The molecule has 0 fully saturated rings. The van der Waals surface area contributed by atoms with Gasteiger partial charge in [0.15, 0.2) is 0 Å². The summed E-state index contributed by atoms with van der Waals surface area (Å²) in [5, 5.41) is 0.919. The smallest absolute Gasteiger partial charge is 0.336 e. The predicted molar refractivity (Wildman–Crippen MR) is 114 cm³/mol. The number of hydrogen-bond acceptors (Lipinski definition) is 6. The molecule has 0 bridgehead atoms. The minimum Gasteiger partial charge on any atom is -0.497 e. The first-order chi connectivity index (χ1) is 14.1. The zero-order valence-electron chi connectivity index (χ0n) is 17.1. The molecule has 152 valence electrons. The molecular weight excluding hydrogens is 368 g/mol. The summed E-state index contributed by atoms with van der Waals surface area (Å²) in [6, 6.07) is 15.3. The van der Waals surface area contributed by atoms with Crippen LogP contribution in [-0.4, -0.2) is 44.8 Å². The molecule has 29 heavy (non-hydrogen) atoms. The summed E-state index contributed by atoms with van der Waals surface area (Å²) < 4.78 is 16.8. The van der Waals surface area contributed by atoms with Gasteiger partial charge < -0.3 is 18.8 Å². The van der Waals surface area contributed by atoms with E-state index in [0.29, 0.717) is 17.9 Å². The third-order valence-electron chi connectivity index (χ3n) is 5.30. The molecule has 0 N–H and O–H groups in total. The van der Waals surface area contributed by atoms with Crippen molar-refractivity contribution in [1.82, 2.24) is 4.90 Å². The fourth-order valence-corrected chi connectivity index (χ4v) is 3.94. The van der Waals surface area contributed by atoms with Crippen LogP contribution in [0, 0.1) is 0 Å². The quantitative estimate of drug-likeness (QED) is 0.597. The average Bonchev–Trinajstić information content (AvgIpc) is 2.72. The molecule has 0 amide bonds. The number of hydrogen-bond donors (Lipinski definition) is 0. The summed E-state index contributed by atoms with van der Waals surface area (Å²) in [6.07, 6.45) is 0.0568. The van der Waals surface area contributed by atoms with Gasteiger partial charge in [0.2, 0.25) is 0 Å². The van der Waals surface area contributed by atoms with Crippen LogP contribution in [0.5, 0.6) is 11.5 Å². The average molecular weight is 394 g/mol. The van der Waals surface area contributed by atoms with Crippen molar-refractivity contribution in [2.24, 2.45) is 0 Å². The van der Waals surface area contributed by atoms with E-state index in [1.165, 1.54) is 0 Å². The maximum Gasteiger partial charge on any atom is 0.336 e. The lowest BCUT2D eigenvalue weighted by Crippen LogP contribution is -2.45. The molecule has 0 spiro atoms. The number of methoxy groups -OCH3 is 1. The number of rotatable bonds is 6. The van der Waals surface area contributed by atoms with Crippen molar-refractivity contribution in [3.63, 3.8) is 0 Å². The Kier molecular flexibility index (Phi) is 5.45. The summed E-state index contributed by atoms with van der Waals surface area (Å²) >= 11 is 0. The Balaban J connectivity index is 1.52. The molecule has 1 aliphatic rings. The van der Waals surface area contributed by atoms with Gasteiger partial charge in [-0.05, 0) is 43.8 Å². The Morgan fingerprint density at radius 1 is 1.21 bits per heavy atom. The Morgan fingerprint density at radius 3 is 2.83 bits per heavy atom. The molecule has 0 aliphatic carbocycles. The van der Waals surface area contributed by atoms with E-state index in [0.717, 1.165) is 42.0 Å².